The summed E-state index contributed by atoms with van der Waals surface area (Å²) >= 11 is 0. The zero-order valence-electron chi connectivity index (χ0n) is 14.9. The molecule has 1 N–H and O–H groups in total. The number of hydrogen-bond acceptors (Lipinski definition) is 4. The van der Waals surface area contributed by atoms with Gasteiger partial charge in [-0.3, -0.25) is 9.59 Å². The maximum absolute atomic E-state index is 12.9. The van der Waals surface area contributed by atoms with Crippen LogP contribution in [0.15, 0.2) is 24.3 Å². The molecule has 1 saturated heterocycles. The topological polar surface area (TPSA) is 67.9 Å². The van der Waals surface area contributed by atoms with Crippen molar-refractivity contribution >= 4 is 17.5 Å². The van der Waals surface area contributed by atoms with Crippen LogP contribution in [-0.4, -0.2) is 45.2 Å². The highest BCUT2D eigenvalue weighted by molar-refractivity contribution is 6.00. The average molecular weight is 346 g/mol. The van der Waals surface area contributed by atoms with E-state index in [0.717, 1.165) is 31.4 Å². The van der Waals surface area contributed by atoms with Crippen molar-refractivity contribution in [3.63, 3.8) is 0 Å². The molecule has 1 aliphatic carbocycles. The summed E-state index contributed by atoms with van der Waals surface area (Å²) in [5.41, 5.74) is 0.353. The molecule has 0 radical (unpaired) electrons. The molecule has 6 nitrogen and oxygen atoms in total. The van der Waals surface area contributed by atoms with Crippen molar-refractivity contribution in [1.29, 1.82) is 0 Å². The monoisotopic (exact) mass is 346 g/mol. The highest BCUT2D eigenvalue weighted by Crippen LogP contribution is 2.41. The third kappa shape index (κ3) is 3.49. The van der Waals surface area contributed by atoms with Crippen molar-refractivity contribution in [3.05, 3.63) is 24.3 Å². The minimum absolute atomic E-state index is 0.0496. The molecule has 1 atom stereocenters. The summed E-state index contributed by atoms with van der Waals surface area (Å²) in [4.78, 5) is 27.3. The molecular weight excluding hydrogens is 320 g/mol. The van der Waals surface area contributed by atoms with Crippen LogP contribution in [0.3, 0.4) is 0 Å². The predicted octanol–water partition coefficient (Wildman–Crippen LogP) is 2.12. The van der Waals surface area contributed by atoms with Gasteiger partial charge in [0.25, 0.3) is 0 Å². The van der Waals surface area contributed by atoms with E-state index in [4.69, 9.17) is 9.47 Å². The molecule has 2 amide bonds. The van der Waals surface area contributed by atoms with Crippen LogP contribution in [0.5, 0.6) is 5.75 Å². The molecule has 3 rings (SSSR count). The van der Waals surface area contributed by atoms with Crippen LogP contribution in [0.2, 0.25) is 0 Å². The molecule has 1 aromatic rings. The lowest BCUT2D eigenvalue weighted by Crippen LogP contribution is -2.57. The molecule has 1 heterocycles. The first kappa shape index (κ1) is 17.7. The van der Waals surface area contributed by atoms with Crippen molar-refractivity contribution < 1.29 is 19.1 Å². The molecule has 2 aliphatic rings. The van der Waals surface area contributed by atoms with Crippen LogP contribution in [-0.2, 0) is 14.3 Å². The van der Waals surface area contributed by atoms with Gasteiger partial charge in [0.05, 0.1) is 19.1 Å². The summed E-state index contributed by atoms with van der Waals surface area (Å²) in [6.07, 6.45) is 4.21. The molecule has 25 heavy (non-hydrogen) atoms. The number of carbonyl (C=O) groups is 2. The summed E-state index contributed by atoms with van der Waals surface area (Å²) in [5, 5.41) is 2.98. The number of piperidine rings is 1. The van der Waals surface area contributed by atoms with Gasteiger partial charge in [-0.15, -0.1) is 0 Å². The third-order valence-electron chi connectivity index (χ3n) is 5.32. The summed E-state index contributed by atoms with van der Waals surface area (Å²) < 4.78 is 10.5. The Morgan fingerprint density at radius 1 is 1.32 bits per heavy atom. The molecule has 136 valence electrons. The lowest BCUT2D eigenvalue weighted by molar-refractivity contribution is -0.143. The number of carbonyl (C=O) groups excluding carboxylic acids is 2. The van der Waals surface area contributed by atoms with Crippen LogP contribution in [0, 0.1) is 5.41 Å². The number of nitrogens with one attached hydrogen (secondary N) is 1. The van der Waals surface area contributed by atoms with Gasteiger partial charge < -0.3 is 19.7 Å². The van der Waals surface area contributed by atoms with E-state index in [-0.39, 0.29) is 11.8 Å². The van der Waals surface area contributed by atoms with Gasteiger partial charge in [-0.25, -0.2) is 0 Å². The molecule has 1 aliphatic heterocycles. The number of methoxy groups -OCH3 is 2. The molecule has 2 fully saturated rings. The van der Waals surface area contributed by atoms with E-state index in [1.807, 2.05) is 24.3 Å². The zero-order valence-corrected chi connectivity index (χ0v) is 14.9. The van der Waals surface area contributed by atoms with Crippen molar-refractivity contribution in [2.75, 3.05) is 32.3 Å². The molecule has 0 aromatic heterocycles. The molecule has 1 unspecified atom stereocenters. The lowest BCUT2D eigenvalue weighted by atomic mass is 9.68. The highest BCUT2D eigenvalue weighted by atomic mass is 16.5. The Hall–Kier alpha value is -2.08. The van der Waals surface area contributed by atoms with Crippen molar-refractivity contribution in [2.45, 2.75) is 38.1 Å². The molecule has 0 bridgehead atoms. The van der Waals surface area contributed by atoms with Gasteiger partial charge in [-0.1, -0.05) is 12.5 Å². The van der Waals surface area contributed by atoms with Crippen LogP contribution < -0.4 is 15.0 Å². The van der Waals surface area contributed by atoms with Crippen LogP contribution in [0.4, 0.5) is 5.69 Å². The Kier molecular flexibility index (Phi) is 5.27. The Bertz CT molecular complexity index is 642. The zero-order chi connectivity index (χ0) is 17.9. The van der Waals surface area contributed by atoms with E-state index in [2.05, 4.69) is 5.32 Å². The number of hydrogen-bond donors (Lipinski definition) is 1. The summed E-state index contributed by atoms with van der Waals surface area (Å²) in [7, 11) is 3.22. The van der Waals surface area contributed by atoms with Crippen molar-refractivity contribution in [3.8, 4) is 5.75 Å². The van der Waals surface area contributed by atoms with Crippen molar-refractivity contribution in [2.24, 2.45) is 5.41 Å². The van der Waals surface area contributed by atoms with Gasteiger partial charge in [0.15, 0.2) is 0 Å². The quantitative estimate of drug-likeness (QED) is 0.857. The van der Waals surface area contributed by atoms with E-state index in [9.17, 15) is 9.59 Å². The molecular formula is C19H26N2O4. The lowest BCUT2D eigenvalue weighted by Gasteiger charge is -2.41. The van der Waals surface area contributed by atoms with Crippen LogP contribution in [0.1, 0.15) is 32.1 Å². The summed E-state index contributed by atoms with van der Waals surface area (Å²) in [5.74, 6) is 0.608. The number of benzene rings is 1. The number of amides is 2. The van der Waals surface area contributed by atoms with Crippen LogP contribution >= 0.6 is 0 Å². The van der Waals surface area contributed by atoms with Crippen molar-refractivity contribution in [1.82, 2.24) is 5.32 Å². The minimum atomic E-state index is -0.471. The number of rotatable bonds is 6. The molecule has 0 spiro atoms. The van der Waals surface area contributed by atoms with E-state index in [1.54, 1.807) is 19.1 Å². The Balaban J connectivity index is 1.70. The van der Waals surface area contributed by atoms with Crippen LogP contribution in [0.25, 0.3) is 0 Å². The Labute approximate surface area is 148 Å². The SMILES string of the molecule is COCC1(C(=O)NC2CCCN(c3cccc(OC)c3)C2=O)CCC1. The largest absolute Gasteiger partial charge is 0.497 e. The second-order valence-corrected chi connectivity index (χ2v) is 6.93. The van der Waals surface area contributed by atoms with Gasteiger partial charge >= 0.3 is 0 Å². The fourth-order valence-electron chi connectivity index (χ4n) is 3.67. The number of ether oxygens (including phenoxy) is 2. The standard InChI is InChI=1S/C19H26N2O4/c1-24-13-19(9-5-10-19)18(23)20-16-8-4-11-21(17(16)22)14-6-3-7-15(12-14)25-2/h3,6-7,12,16H,4-5,8-11,13H2,1-2H3,(H,20,23). The van der Waals surface area contributed by atoms with Gasteiger partial charge in [0.1, 0.15) is 11.8 Å². The van der Waals surface area contributed by atoms with Gasteiger partial charge in [0, 0.05) is 25.4 Å². The Morgan fingerprint density at radius 2 is 2.12 bits per heavy atom. The molecule has 1 saturated carbocycles. The van der Waals surface area contributed by atoms with Gasteiger partial charge in [-0.05, 0) is 37.8 Å². The van der Waals surface area contributed by atoms with E-state index >= 15 is 0 Å². The van der Waals surface area contributed by atoms with Gasteiger partial charge in [0.2, 0.25) is 11.8 Å². The Morgan fingerprint density at radius 3 is 2.76 bits per heavy atom. The second-order valence-electron chi connectivity index (χ2n) is 6.93. The average Bonchev–Trinajstić information content (AvgIpc) is 2.59. The number of anilines is 1. The third-order valence-corrected chi connectivity index (χ3v) is 5.32. The second kappa shape index (κ2) is 7.44. The predicted molar refractivity (Wildman–Crippen MR) is 94.7 cm³/mol. The fraction of sp³-hybridized carbons (Fsp3) is 0.579. The molecule has 1 aromatic carbocycles. The minimum Gasteiger partial charge on any atom is -0.497 e. The molecule has 6 heteroatoms. The first-order chi connectivity index (χ1) is 12.1. The highest BCUT2D eigenvalue weighted by Gasteiger charge is 2.45. The smallest absolute Gasteiger partial charge is 0.249 e. The maximum Gasteiger partial charge on any atom is 0.249 e. The summed E-state index contributed by atoms with van der Waals surface area (Å²) in [6.45, 7) is 1.07. The fourth-order valence-corrected chi connectivity index (χ4v) is 3.67. The maximum atomic E-state index is 12.9. The first-order valence-corrected chi connectivity index (χ1v) is 8.85. The summed E-state index contributed by atoms with van der Waals surface area (Å²) in [6, 6.07) is 6.99. The van der Waals surface area contributed by atoms with E-state index < -0.39 is 11.5 Å². The van der Waals surface area contributed by atoms with E-state index in [1.165, 1.54) is 0 Å². The first-order valence-electron chi connectivity index (χ1n) is 8.85. The van der Waals surface area contributed by atoms with Gasteiger partial charge in [-0.2, -0.15) is 0 Å². The normalized spacial score (nSPS) is 22.2. The van der Waals surface area contributed by atoms with E-state index in [0.29, 0.717) is 25.3 Å². The number of nitrogens with zero attached hydrogens (tertiary/aromatic N) is 1.